The van der Waals surface area contributed by atoms with E-state index in [4.69, 9.17) is 0 Å². The van der Waals surface area contributed by atoms with Gasteiger partial charge >= 0.3 is 0 Å². The minimum absolute atomic E-state index is 0.155. The van der Waals surface area contributed by atoms with E-state index in [9.17, 15) is 9.90 Å². The van der Waals surface area contributed by atoms with Gasteiger partial charge in [0.15, 0.2) is 11.2 Å². The van der Waals surface area contributed by atoms with Crippen LogP contribution in [-0.4, -0.2) is 25.0 Å². The van der Waals surface area contributed by atoms with Crippen molar-refractivity contribution in [2.75, 3.05) is 0 Å². The summed E-state index contributed by atoms with van der Waals surface area (Å²) in [6.45, 7) is 1.82. The van der Waals surface area contributed by atoms with Gasteiger partial charge in [0, 0.05) is 0 Å². The number of H-pyrrole nitrogens is 1. The van der Waals surface area contributed by atoms with E-state index < -0.39 is 6.10 Å². The summed E-state index contributed by atoms with van der Waals surface area (Å²) in [7, 11) is 0. The lowest BCUT2D eigenvalue weighted by Gasteiger charge is -2.05. The highest BCUT2D eigenvalue weighted by atomic mass is 16.3. The van der Waals surface area contributed by atoms with Crippen molar-refractivity contribution in [2.24, 2.45) is 0 Å². The Morgan fingerprint density at radius 2 is 2.33 bits per heavy atom. The first-order valence-corrected chi connectivity index (χ1v) is 4.60. The van der Waals surface area contributed by atoms with Crippen LogP contribution in [0.15, 0.2) is 17.3 Å². The number of nitrogens with zero attached hydrogens (tertiary/aromatic N) is 3. The zero-order chi connectivity index (χ0) is 10.8. The Hall–Kier alpha value is -1.82. The normalized spacial score (nSPS) is 12.9. The molecule has 0 bridgehead atoms. The molecule has 0 saturated heterocycles. The number of hydrogen-bond donors (Lipinski definition) is 2. The smallest absolute Gasteiger partial charge is 0.278 e. The number of fused-ring (bicyclic) bond motifs is 1. The monoisotopic (exact) mass is 206 g/mol. The SMILES string of the molecule is CC[C@H](O)c1cnc2nc[nH]c(=O)c2n1. The molecule has 0 radical (unpaired) electrons. The van der Waals surface area contributed by atoms with Gasteiger partial charge in [-0.05, 0) is 6.42 Å². The van der Waals surface area contributed by atoms with Crippen LogP contribution in [0.25, 0.3) is 11.2 Å². The first kappa shape index (κ1) is 9.72. The van der Waals surface area contributed by atoms with Gasteiger partial charge in [0.05, 0.1) is 24.3 Å². The first-order chi connectivity index (χ1) is 7.22. The zero-order valence-electron chi connectivity index (χ0n) is 8.14. The topological polar surface area (TPSA) is 91.8 Å². The molecule has 2 N–H and O–H groups in total. The molecular weight excluding hydrogens is 196 g/mol. The van der Waals surface area contributed by atoms with E-state index in [0.29, 0.717) is 12.1 Å². The van der Waals surface area contributed by atoms with Gasteiger partial charge in [-0.25, -0.2) is 15.0 Å². The largest absolute Gasteiger partial charge is 0.387 e. The Morgan fingerprint density at radius 1 is 1.53 bits per heavy atom. The van der Waals surface area contributed by atoms with E-state index >= 15 is 0 Å². The van der Waals surface area contributed by atoms with Crippen LogP contribution in [0.1, 0.15) is 25.1 Å². The lowest BCUT2D eigenvalue weighted by Crippen LogP contribution is -2.11. The fourth-order valence-corrected chi connectivity index (χ4v) is 1.23. The van der Waals surface area contributed by atoms with Crippen molar-refractivity contribution in [3.63, 3.8) is 0 Å². The van der Waals surface area contributed by atoms with Crippen LogP contribution < -0.4 is 5.56 Å². The molecule has 0 aromatic carbocycles. The summed E-state index contributed by atoms with van der Waals surface area (Å²) in [6.07, 6.45) is 2.54. The molecular formula is C9H10N4O2. The molecule has 15 heavy (non-hydrogen) atoms. The summed E-state index contributed by atoms with van der Waals surface area (Å²) in [6, 6.07) is 0. The lowest BCUT2D eigenvalue weighted by atomic mass is 10.2. The standard InChI is InChI=1S/C9H10N4O2/c1-2-6(14)5-3-10-8-7(13-5)9(15)12-4-11-8/h3-4,6,14H,2H2,1H3,(H,10,11,12,15)/t6-/m0/s1. The third-order valence-corrected chi connectivity index (χ3v) is 2.10. The number of aliphatic hydroxyl groups is 1. The number of aromatic amines is 1. The number of aliphatic hydroxyl groups excluding tert-OH is 1. The van der Waals surface area contributed by atoms with Crippen molar-refractivity contribution in [1.29, 1.82) is 0 Å². The molecule has 0 aliphatic rings. The predicted molar refractivity (Wildman–Crippen MR) is 53.2 cm³/mol. The molecule has 2 heterocycles. The van der Waals surface area contributed by atoms with Gasteiger partial charge in [-0.1, -0.05) is 6.92 Å². The molecule has 0 aliphatic heterocycles. The highest BCUT2D eigenvalue weighted by molar-refractivity contribution is 5.67. The van der Waals surface area contributed by atoms with Crippen LogP contribution in [0.4, 0.5) is 0 Å². The van der Waals surface area contributed by atoms with E-state index in [1.165, 1.54) is 12.5 Å². The van der Waals surface area contributed by atoms with Crippen molar-refractivity contribution < 1.29 is 5.11 Å². The first-order valence-electron chi connectivity index (χ1n) is 4.60. The molecule has 2 aromatic heterocycles. The van der Waals surface area contributed by atoms with E-state index in [1.807, 2.05) is 6.92 Å². The maximum atomic E-state index is 11.4. The molecule has 0 aliphatic carbocycles. The number of rotatable bonds is 2. The molecule has 78 valence electrons. The van der Waals surface area contributed by atoms with Crippen molar-refractivity contribution in [2.45, 2.75) is 19.4 Å². The van der Waals surface area contributed by atoms with E-state index in [-0.39, 0.29) is 16.7 Å². The van der Waals surface area contributed by atoms with Crippen LogP contribution >= 0.6 is 0 Å². The van der Waals surface area contributed by atoms with Crippen LogP contribution in [0.3, 0.4) is 0 Å². The predicted octanol–water partition coefficient (Wildman–Crippen LogP) is 0.156. The van der Waals surface area contributed by atoms with Gasteiger partial charge < -0.3 is 10.1 Å². The van der Waals surface area contributed by atoms with Crippen LogP contribution in [0.5, 0.6) is 0 Å². The maximum Gasteiger partial charge on any atom is 0.278 e. The molecule has 1 atom stereocenters. The summed E-state index contributed by atoms with van der Waals surface area (Å²) >= 11 is 0. The fourth-order valence-electron chi connectivity index (χ4n) is 1.23. The fraction of sp³-hybridized carbons (Fsp3) is 0.333. The Labute approximate surface area is 85.0 Å². The molecule has 0 amide bonds. The minimum atomic E-state index is -0.693. The van der Waals surface area contributed by atoms with E-state index in [1.54, 1.807) is 0 Å². The summed E-state index contributed by atoms with van der Waals surface area (Å²) in [4.78, 5) is 25.6. The third kappa shape index (κ3) is 1.71. The maximum absolute atomic E-state index is 11.4. The summed E-state index contributed by atoms with van der Waals surface area (Å²) in [5, 5.41) is 9.54. The second-order valence-electron chi connectivity index (χ2n) is 3.12. The third-order valence-electron chi connectivity index (χ3n) is 2.10. The molecule has 2 aromatic rings. The number of nitrogens with one attached hydrogen (secondary N) is 1. The second kappa shape index (κ2) is 3.74. The number of hydrogen-bond acceptors (Lipinski definition) is 5. The van der Waals surface area contributed by atoms with Gasteiger partial charge in [0.1, 0.15) is 0 Å². The Bertz CT molecular complexity index is 537. The Morgan fingerprint density at radius 3 is 3.07 bits per heavy atom. The Balaban J connectivity index is 2.65. The molecule has 0 unspecified atom stereocenters. The molecule has 6 heteroatoms. The van der Waals surface area contributed by atoms with E-state index in [2.05, 4.69) is 19.9 Å². The molecule has 6 nitrogen and oxygen atoms in total. The summed E-state index contributed by atoms with van der Waals surface area (Å²) in [5.41, 5.74) is 0.481. The van der Waals surface area contributed by atoms with Crippen molar-refractivity contribution in [3.05, 3.63) is 28.6 Å². The van der Waals surface area contributed by atoms with Crippen molar-refractivity contribution >= 4 is 11.2 Å². The highest BCUT2D eigenvalue weighted by Crippen LogP contribution is 2.13. The van der Waals surface area contributed by atoms with Gasteiger partial charge in [0.2, 0.25) is 0 Å². The minimum Gasteiger partial charge on any atom is -0.387 e. The molecule has 0 saturated carbocycles. The summed E-state index contributed by atoms with van der Waals surface area (Å²) in [5.74, 6) is 0. The summed E-state index contributed by atoms with van der Waals surface area (Å²) < 4.78 is 0. The quantitative estimate of drug-likeness (QED) is 0.730. The molecule has 0 spiro atoms. The van der Waals surface area contributed by atoms with Gasteiger partial charge in [-0.3, -0.25) is 4.79 Å². The zero-order valence-corrected chi connectivity index (χ0v) is 8.14. The molecule has 2 rings (SSSR count). The average molecular weight is 206 g/mol. The van der Waals surface area contributed by atoms with Gasteiger partial charge in [-0.2, -0.15) is 0 Å². The number of aromatic nitrogens is 4. The molecule has 0 fully saturated rings. The highest BCUT2D eigenvalue weighted by Gasteiger charge is 2.10. The lowest BCUT2D eigenvalue weighted by molar-refractivity contribution is 0.169. The van der Waals surface area contributed by atoms with Crippen LogP contribution in [0, 0.1) is 0 Å². The Kier molecular flexibility index (Phi) is 2.42. The van der Waals surface area contributed by atoms with Crippen LogP contribution in [-0.2, 0) is 0 Å². The van der Waals surface area contributed by atoms with Gasteiger partial charge in [-0.15, -0.1) is 0 Å². The average Bonchev–Trinajstić information content (AvgIpc) is 2.28. The second-order valence-corrected chi connectivity index (χ2v) is 3.12. The van der Waals surface area contributed by atoms with Gasteiger partial charge in [0.25, 0.3) is 5.56 Å². The van der Waals surface area contributed by atoms with Crippen LogP contribution in [0.2, 0.25) is 0 Å². The van der Waals surface area contributed by atoms with Crippen molar-refractivity contribution in [1.82, 2.24) is 19.9 Å². The van der Waals surface area contributed by atoms with E-state index in [0.717, 1.165) is 0 Å². The van der Waals surface area contributed by atoms with Crippen molar-refractivity contribution in [3.8, 4) is 0 Å².